The summed E-state index contributed by atoms with van der Waals surface area (Å²) in [6.07, 6.45) is 0. The van der Waals surface area contributed by atoms with Gasteiger partial charge in [-0.05, 0) is 12.1 Å². The first-order valence-corrected chi connectivity index (χ1v) is 15.9. The molecule has 1 aliphatic rings. The molecule has 0 spiro atoms. The van der Waals surface area contributed by atoms with Crippen LogP contribution in [0.1, 0.15) is 0 Å². The van der Waals surface area contributed by atoms with Crippen LogP contribution in [-0.4, -0.2) is 36.2 Å². The minimum absolute atomic E-state index is 0.0108. The van der Waals surface area contributed by atoms with E-state index in [1.807, 2.05) is 0 Å². The summed E-state index contributed by atoms with van der Waals surface area (Å²) in [6.45, 7) is 0. The fourth-order valence-electron chi connectivity index (χ4n) is 5.62. The summed E-state index contributed by atoms with van der Waals surface area (Å²) in [7, 11) is -10.0. The van der Waals surface area contributed by atoms with Crippen molar-refractivity contribution in [3.05, 3.63) is 70.7 Å². The molecule has 6 aromatic carbocycles. The van der Waals surface area contributed by atoms with Crippen molar-refractivity contribution in [1.82, 2.24) is 0 Å². The molecule has 0 bridgehead atoms. The number of aromatic hydroxyl groups is 2. The number of phenols is 2. The summed E-state index contributed by atoms with van der Waals surface area (Å²) in [5.41, 5.74) is 0.589. The lowest BCUT2D eigenvalue weighted by molar-refractivity contribution is 0.387. The van der Waals surface area contributed by atoms with Gasteiger partial charge < -0.3 is 29.2 Å². The number of nitrogens with one attached hydrogen (secondary N) is 2. The largest absolute Gasteiger partial charge is 0.507 e. The SMILES string of the molecule is O=S(=O)(O)Oc1c2ccccc2c(O)c2c3c(c(Cl)cc12)Nc1c(c(Cl)cc2c(OS(=O)(=O)O)c4ccccc4c(O)c12)N3. The highest BCUT2D eigenvalue weighted by Gasteiger charge is 2.31. The van der Waals surface area contributed by atoms with Gasteiger partial charge in [-0.2, -0.15) is 16.8 Å². The number of halogens is 2. The van der Waals surface area contributed by atoms with Crippen LogP contribution >= 0.6 is 23.2 Å². The van der Waals surface area contributed by atoms with Gasteiger partial charge in [-0.3, -0.25) is 9.11 Å². The molecule has 12 nitrogen and oxygen atoms in total. The van der Waals surface area contributed by atoms with Crippen LogP contribution in [0.5, 0.6) is 23.0 Å². The lowest BCUT2D eigenvalue weighted by Crippen LogP contribution is -2.11. The molecule has 0 atom stereocenters. The molecule has 0 aliphatic carbocycles. The Balaban J connectivity index is 1.57. The first-order chi connectivity index (χ1) is 20.7. The van der Waals surface area contributed by atoms with Gasteiger partial charge in [0.1, 0.15) is 11.5 Å². The van der Waals surface area contributed by atoms with E-state index in [0.29, 0.717) is 0 Å². The minimum Gasteiger partial charge on any atom is -0.507 e. The Hall–Kier alpha value is -4.44. The standard InChI is InChI=1S/C28H16Cl2N2O10S2/c29-17-9-15-19(25(33)11-5-1-3-7-13(11)27(15)41-43(35,36)37)23-21(17)32-24-20-16(10-18(30)22(24)31-23)28(42-44(38,39)40)14-8-4-2-6-12(14)26(20)34/h1-10,31-34H,(H,35,36,37)(H,38,39,40). The van der Waals surface area contributed by atoms with Gasteiger partial charge in [-0.15, -0.1) is 0 Å². The van der Waals surface area contributed by atoms with Crippen LogP contribution in [-0.2, 0) is 20.8 Å². The zero-order chi connectivity index (χ0) is 31.3. The number of hydrogen-bond acceptors (Lipinski definition) is 10. The predicted octanol–water partition coefficient (Wildman–Crippen LogP) is 7.18. The van der Waals surface area contributed by atoms with Crippen molar-refractivity contribution in [2.24, 2.45) is 0 Å². The van der Waals surface area contributed by atoms with Crippen LogP contribution in [0.4, 0.5) is 22.7 Å². The fourth-order valence-corrected chi connectivity index (χ4v) is 6.90. The summed E-state index contributed by atoms with van der Waals surface area (Å²) >= 11 is 13.4. The van der Waals surface area contributed by atoms with E-state index in [2.05, 4.69) is 10.6 Å². The van der Waals surface area contributed by atoms with Gasteiger partial charge in [-0.25, -0.2) is 0 Å². The van der Waals surface area contributed by atoms with E-state index in [0.717, 1.165) is 0 Å². The van der Waals surface area contributed by atoms with Crippen LogP contribution in [0.25, 0.3) is 43.1 Å². The monoisotopic (exact) mass is 674 g/mol. The van der Waals surface area contributed by atoms with Crippen molar-refractivity contribution in [2.45, 2.75) is 0 Å². The van der Waals surface area contributed by atoms with E-state index in [4.69, 9.17) is 31.6 Å². The maximum atomic E-state index is 11.8. The molecule has 0 saturated carbocycles. The lowest BCUT2D eigenvalue weighted by atomic mass is 9.95. The highest BCUT2D eigenvalue weighted by Crippen LogP contribution is 2.58. The van der Waals surface area contributed by atoms with Gasteiger partial charge in [0.2, 0.25) is 0 Å². The number of phenolic OH excluding ortho intramolecular Hbond substituents is 2. The van der Waals surface area contributed by atoms with Crippen molar-refractivity contribution in [1.29, 1.82) is 0 Å². The van der Waals surface area contributed by atoms with Gasteiger partial charge in [0, 0.05) is 32.3 Å². The van der Waals surface area contributed by atoms with Crippen LogP contribution < -0.4 is 19.0 Å². The van der Waals surface area contributed by atoms with Gasteiger partial charge >= 0.3 is 20.8 Å². The molecule has 1 heterocycles. The van der Waals surface area contributed by atoms with Gasteiger partial charge in [0.15, 0.2) is 11.5 Å². The third-order valence-electron chi connectivity index (χ3n) is 7.25. The van der Waals surface area contributed by atoms with Crippen molar-refractivity contribution >= 4 is 110 Å². The molecule has 0 saturated heterocycles. The Morgan fingerprint density at radius 1 is 0.545 bits per heavy atom. The number of anilines is 4. The Morgan fingerprint density at radius 3 is 1.23 bits per heavy atom. The number of fused-ring (bicyclic) bond motifs is 8. The van der Waals surface area contributed by atoms with Gasteiger partial charge in [-0.1, -0.05) is 71.7 Å². The Bertz CT molecular complexity index is 2330. The van der Waals surface area contributed by atoms with Crippen LogP contribution in [0, 0.1) is 0 Å². The minimum atomic E-state index is -5.01. The summed E-state index contributed by atoms with van der Waals surface area (Å²) in [4.78, 5) is 0. The number of rotatable bonds is 4. The third-order valence-corrected chi connectivity index (χ3v) is 8.60. The molecule has 6 aromatic rings. The molecule has 6 N–H and O–H groups in total. The maximum absolute atomic E-state index is 11.8. The predicted molar refractivity (Wildman–Crippen MR) is 167 cm³/mol. The summed E-state index contributed by atoms with van der Waals surface area (Å²) in [5.74, 6) is -1.15. The summed E-state index contributed by atoms with van der Waals surface area (Å²) in [6, 6.07) is 15.0. The van der Waals surface area contributed by atoms with Crippen molar-refractivity contribution < 1.29 is 44.5 Å². The normalized spacial score (nSPS) is 13.0. The third kappa shape index (κ3) is 4.34. The second-order valence-corrected chi connectivity index (χ2v) is 12.6. The Kier molecular flexibility index (Phi) is 6.14. The van der Waals surface area contributed by atoms with E-state index in [1.165, 1.54) is 36.4 Å². The molecule has 1 aliphatic heterocycles. The first kappa shape index (κ1) is 28.3. The van der Waals surface area contributed by atoms with E-state index < -0.39 is 20.8 Å². The van der Waals surface area contributed by atoms with Crippen molar-refractivity contribution in [3.63, 3.8) is 0 Å². The first-order valence-electron chi connectivity index (χ1n) is 12.4. The zero-order valence-electron chi connectivity index (χ0n) is 21.6. The van der Waals surface area contributed by atoms with Crippen LogP contribution in [0.2, 0.25) is 10.0 Å². The lowest BCUT2D eigenvalue weighted by Gasteiger charge is -2.29. The molecule has 0 fully saturated rings. The van der Waals surface area contributed by atoms with Crippen molar-refractivity contribution in [2.75, 3.05) is 10.6 Å². The Morgan fingerprint density at radius 2 is 0.886 bits per heavy atom. The molecule has 0 amide bonds. The quantitative estimate of drug-likeness (QED) is 0.0815. The highest BCUT2D eigenvalue weighted by molar-refractivity contribution is 7.81. The van der Waals surface area contributed by atoms with Crippen LogP contribution in [0.15, 0.2) is 60.7 Å². The maximum Gasteiger partial charge on any atom is 0.446 e. The fraction of sp³-hybridized carbons (Fsp3) is 0. The molecular formula is C28H16Cl2N2O10S2. The highest BCUT2D eigenvalue weighted by atomic mass is 35.5. The van der Waals surface area contributed by atoms with E-state index in [1.54, 1.807) is 24.3 Å². The Labute approximate surface area is 257 Å². The topological polar surface area (TPSA) is 192 Å². The molecular weight excluding hydrogens is 659 g/mol. The van der Waals surface area contributed by atoms with E-state index in [-0.39, 0.29) is 98.9 Å². The number of hydrogen-bond donors (Lipinski definition) is 6. The molecule has 224 valence electrons. The molecule has 0 aromatic heterocycles. The van der Waals surface area contributed by atoms with E-state index in [9.17, 15) is 36.2 Å². The van der Waals surface area contributed by atoms with Crippen molar-refractivity contribution in [3.8, 4) is 23.0 Å². The molecule has 7 rings (SSSR count). The molecule has 44 heavy (non-hydrogen) atoms. The van der Waals surface area contributed by atoms with Gasteiger partial charge in [0.25, 0.3) is 0 Å². The summed E-state index contributed by atoms with van der Waals surface area (Å²) < 4.78 is 76.3. The molecule has 0 unspecified atom stereocenters. The zero-order valence-corrected chi connectivity index (χ0v) is 24.7. The molecule has 0 radical (unpaired) electrons. The van der Waals surface area contributed by atoms with E-state index >= 15 is 0 Å². The average molecular weight is 675 g/mol. The number of benzene rings is 6. The summed E-state index contributed by atoms with van der Waals surface area (Å²) in [5, 5.41) is 29.9. The van der Waals surface area contributed by atoms with Gasteiger partial charge in [0.05, 0.1) is 43.6 Å². The second-order valence-electron chi connectivity index (χ2n) is 9.78. The average Bonchev–Trinajstić information content (AvgIpc) is 2.95. The second kappa shape index (κ2) is 9.53. The molecule has 16 heteroatoms. The van der Waals surface area contributed by atoms with Crippen LogP contribution in [0.3, 0.4) is 0 Å². The smallest absolute Gasteiger partial charge is 0.446 e.